The van der Waals surface area contributed by atoms with Gasteiger partial charge in [-0.25, -0.2) is 0 Å². The second-order valence-electron chi connectivity index (χ2n) is 9.12. The molecule has 0 atom stereocenters. The van der Waals surface area contributed by atoms with Crippen LogP contribution in [0.4, 0.5) is 0 Å². The molecule has 0 bridgehead atoms. The first-order valence-corrected chi connectivity index (χ1v) is 15.4. The van der Waals surface area contributed by atoms with Crippen molar-refractivity contribution in [2.24, 2.45) is 0 Å². The van der Waals surface area contributed by atoms with Crippen molar-refractivity contribution in [1.82, 2.24) is 0 Å². The van der Waals surface area contributed by atoms with E-state index in [1.54, 1.807) is 0 Å². The largest absolute Gasteiger partial charge is 0.465 e. The zero-order valence-corrected chi connectivity index (χ0v) is 24.3. The highest BCUT2D eigenvalue weighted by atomic mass is 32.1. The van der Waals surface area contributed by atoms with E-state index in [4.69, 9.17) is 9.47 Å². The van der Waals surface area contributed by atoms with Crippen LogP contribution >= 0.6 is 25.3 Å². The molecule has 0 saturated heterocycles. The Morgan fingerprint density at radius 3 is 0.912 bits per heavy atom. The van der Waals surface area contributed by atoms with Gasteiger partial charge < -0.3 is 9.47 Å². The summed E-state index contributed by atoms with van der Waals surface area (Å²) in [5.41, 5.74) is 0. The molecule has 0 spiro atoms. The minimum Gasteiger partial charge on any atom is -0.465 e. The SMILES string of the molecule is CCCCCCCCCCCCOC(=O)CS.CCCCCCCCCCCCOC(=O)CS. The van der Waals surface area contributed by atoms with Crippen LogP contribution in [0.2, 0.25) is 0 Å². The predicted octanol–water partition coefficient (Wildman–Crippen LogP) is 8.76. The van der Waals surface area contributed by atoms with E-state index in [2.05, 4.69) is 39.1 Å². The molecule has 0 aromatic rings. The molecule has 0 aliphatic carbocycles. The lowest BCUT2D eigenvalue weighted by Crippen LogP contribution is -2.06. The van der Waals surface area contributed by atoms with Crippen LogP contribution in [0.25, 0.3) is 0 Å². The van der Waals surface area contributed by atoms with E-state index in [0.29, 0.717) is 13.2 Å². The summed E-state index contributed by atoms with van der Waals surface area (Å²) in [5, 5.41) is 0. The molecule has 0 aromatic carbocycles. The quantitative estimate of drug-likeness (QED) is 0.0758. The first-order valence-electron chi connectivity index (χ1n) is 14.1. The number of carbonyl (C=O) groups is 2. The number of hydrogen-bond donors (Lipinski definition) is 2. The van der Waals surface area contributed by atoms with E-state index in [-0.39, 0.29) is 23.4 Å². The number of thiol groups is 2. The monoisotopic (exact) mass is 520 g/mol. The highest BCUT2D eigenvalue weighted by Gasteiger charge is 1.99. The van der Waals surface area contributed by atoms with E-state index >= 15 is 0 Å². The summed E-state index contributed by atoms with van der Waals surface area (Å²) in [6.45, 7) is 5.63. The molecule has 0 rings (SSSR count). The summed E-state index contributed by atoms with van der Waals surface area (Å²) in [5.74, 6) is -0.0243. The van der Waals surface area contributed by atoms with Gasteiger partial charge in [-0.1, -0.05) is 129 Å². The standard InChI is InChI=1S/2C14H28O2S/c2*1-2-3-4-5-6-7-8-9-10-11-12-16-14(15)13-17/h2*17H,2-13H2,1H3. The summed E-state index contributed by atoms with van der Waals surface area (Å²) in [4.78, 5) is 21.5. The first kappa shape index (κ1) is 35.8. The molecular formula is C28H56O4S2. The van der Waals surface area contributed by atoms with Crippen molar-refractivity contribution in [3.63, 3.8) is 0 Å². The maximum absolute atomic E-state index is 10.8. The van der Waals surface area contributed by atoms with Crippen molar-refractivity contribution in [2.45, 2.75) is 142 Å². The van der Waals surface area contributed by atoms with Crippen molar-refractivity contribution in [3.8, 4) is 0 Å². The number of unbranched alkanes of at least 4 members (excludes halogenated alkanes) is 18. The summed E-state index contributed by atoms with van der Waals surface area (Å²) in [6.07, 6.45) is 26.0. The number of rotatable bonds is 24. The van der Waals surface area contributed by atoms with Crippen molar-refractivity contribution in [2.75, 3.05) is 24.7 Å². The fourth-order valence-corrected chi connectivity index (χ4v) is 3.82. The average Bonchev–Trinajstić information content (AvgIpc) is 2.85. The summed E-state index contributed by atoms with van der Waals surface area (Å²) >= 11 is 7.69. The Kier molecular flexibility index (Phi) is 34.4. The molecule has 0 aliphatic rings. The molecular weight excluding hydrogens is 464 g/mol. The smallest absolute Gasteiger partial charge is 0.315 e. The van der Waals surface area contributed by atoms with E-state index in [0.717, 1.165) is 12.8 Å². The highest BCUT2D eigenvalue weighted by Crippen LogP contribution is 2.11. The van der Waals surface area contributed by atoms with Crippen LogP contribution in [-0.2, 0) is 19.1 Å². The van der Waals surface area contributed by atoms with Crippen molar-refractivity contribution >= 4 is 37.2 Å². The van der Waals surface area contributed by atoms with Gasteiger partial charge in [-0.15, -0.1) is 0 Å². The number of esters is 2. The van der Waals surface area contributed by atoms with E-state index in [1.807, 2.05) is 0 Å². The molecule has 0 aromatic heterocycles. The maximum Gasteiger partial charge on any atom is 0.315 e. The molecule has 0 heterocycles. The minimum atomic E-state index is -0.204. The third-order valence-electron chi connectivity index (χ3n) is 5.78. The van der Waals surface area contributed by atoms with Crippen molar-refractivity contribution in [1.29, 1.82) is 0 Å². The van der Waals surface area contributed by atoms with Crippen molar-refractivity contribution in [3.05, 3.63) is 0 Å². The number of ether oxygens (including phenoxy) is 2. The van der Waals surface area contributed by atoms with Gasteiger partial charge in [-0.3, -0.25) is 9.59 Å². The van der Waals surface area contributed by atoms with E-state index in [1.165, 1.54) is 116 Å². The lowest BCUT2D eigenvalue weighted by Gasteiger charge is -2.03. The van der Waals surface area contributed by atoms with Gasteiger partial charge in [0.15, 0.2) is 0 Å². The van der Waals surface area contributed by atoms with Crippen LogP contribution in [-0.4, -0.2) is 36.7 Å². The summed E-state index contributed by atoms with van der Waals surface area (Å²) < 4.78 is 9.90. The van der Waals surface area contributed by atoms with Crippen LogP contribution < -0.4 is 0 Å². The average molecular weight is 521 g/mol. The Bertz CT molecular complexity index is 381. The van der Waals surface area contributed by atoms with Gasteiger partial charge in [-0.05, 0) is 12.8 Å². The molecule has 4 nitrogen and oxygen atoms in total. The molecule has 0 amide bonds. The van der Waals surface area contributed by atoms with Crippen LogP contribution in [0.15, 0.2) is 0 Å². The van der Waals surface area contributed by atoms with Crippen LogP contribution in [0.1, 0.15) is 142 Å². The maximum atomic E-state index is 10.8. The topological polar surface area (TPSA) is 52.6 Å². The predicted molar refractivity (Wildman–Crippen MR) is 153 cm³/mol. The van der Waals surface area contributed by atoms with E-state index < -0.39 is 0 Å². The second-order valence-corrected chi connectivity index (χ2v) is 9.75. The van der Waals surface area contributed by atoms with Gasteiger partial charge >= 0.3 is 11.9 Å². The summed E-state index contributed by atoms with van der Waals surface area (Å²) in [7, 11) is 0. The molecule has 0 fully saturated rings. The zero-order valence-electron chi connectivity index (χ0n) is 22.5. The van der Waals surface area contributed by atoms with Gasteiger partial charge in [0.05, 0.1) is 24.7 Å². The zero-order chi connectivity index (χ0) is 25.5. The van der Waals surface area contributed by atoms with Crippen LogP contribution in [0.3, 0.4) is 0 Å². The Balaban J connectivity index is 0. The Hall–Kier alpha value is -0.360. The van der Waals surface area contributed by atoms with Gasteiger partial charge in [-0.2, -0.15) is 25.3 Å². The Morgan fingerprint density at radius 1 is 0.441 bits per heavy atom. The Labute approximate surface area is 222 Å². The van der Waals surface area contributed by atoms with Crippen LogP contribution in [0.5, 0.6) is 0 Å². The third kappa shape index (κ3) is 33.8. The van der Waals surface area contributed by atoms with Gasteiger partial charge in [0.25, 0.3) is 0 Å². The van der Waals surface area contributed by atoms with Gasteiger partial charge in [0, 0.05) is 0 Å². The molecule has 0 N–H and O–H groups in total. The molecule has 0 saturated carbocycles. The minimum absolute atomic E-state index is 0.192. The highest BCUT2D eigenvalue weighted by molar-refractivity contribution is 7.81. The van der Waals surface area contributed by atoms with Gasteiger partial charge in [0.2, 0.25) is 0 Å². The van der Waals surface area contributed by atoms with E-state index in [9.17, 15) is 9.59 Å². The fraction of sp³-hybridized carbons (Fsp3) is 0.929. The Morgan fingerprint density at radius 2 is 0.676 bits per heavy atom. The molecule has 0 radical (unpaired) electrons. The molecule has 6 heteroatoms. The molecule has 204 valence electrons. The molecule has 0 aliphatic heterocycles. The number of hydrogen-bond acceptors (Lipinski definition) is 6. The normalized spacial score (nSPS) is 10.5. The molecule has 0 unspecified atom stereocenters. The first-order chi connectivity index (χ1) is 16.6. The molecule has 34 heavy (non-hydrogen) atoms. The second kappa shape index (κ2) is 32.6. The third-order valence-corrected chi connectivity index (χ3v) is 6.30. The fourth-order valence-electron chi connectivity index (χ4n) is 3.64. The summed E-state index contributed by atoms with van der Waals surface area (Å²) in [6, 6.07) is 0. The number of carbonyl (C=O) groups excluding carboxylic acids is 2. The van der Waals surface area contributed by atoms with Gasteiger partial charge in [0.1, 0.15) is 0 Å². The lowest BCUT2D eigenvalue weighted by molar-refractivity contribution is -0.141. The lowest BCUT2D eigenvalue weighted by atomic mass is 10.1. The van der Waals surface area contributed by atoms with Crippen molar-refractivity contribution < 1.29 is 19.1 Å². The van der Waals surface area contributed by atoms with Crippen LogP contribution in [0, 0.1) is 0 Å².